The Hall–Kier alpha value is -4.11. The number of hydrogen-bond donors (Lipinski definition) is 3. The maximum atomic E-state index is 12.3. The number of aliphatic carboxylic acids is 1. The average molecular weight is 556 g/mol. The number of benzene rings is 1. The molecule has 3 aromatic heterocycles. The van der Waals surface area contributed by atoms with E-state index in [-0.39, 0.29) is 37.6 Å². The van der Waals surface area contributed by atoms with Gasteiger partial charge in [-0.3, -0.25) is 19.7 Å². The van der Waals surface area contributed by atoms with Crippen molar-refractivity contribution in [1.82, 2.24) is 35.4 Å². The first-order valence-corrected chi connectivity index (χ1v) is 13.5. The number of nitrogens with zero attached hydrogens (tertiary/aromatic N) is 7. The highest BCUT2D eigenvalue weighted by Gasteiger charge is 2.12. The molecule has 4 rings (SSSR count). The van der Waals surface area contributed by atoms with Crippen LogP contribution in [-0.4, -0.2) is 58.3 Å². The lowest BCUT2D eigenvalue weighted by molar-refractivity contribution is -0.137. The van der Waals surface area contributed by atoms with Crippen molar-refractivity contribution in [3.05, 3.63) is 57.8 Å². The van der Waals surface area contributed by atoms with E-state index in [0.717, 1.165) is 34.8 Å². The molecule has 0 aliphatic heterocycles. The molecule has 0 aliphatic rings. The molecule has 0 spiro atoms. The number of rotatable bonds is 14. The topological polar surface area (TPSA) is 178 Å². The van der Waals surface area contributed by atoms with Crippen LogP contribution in [-0.2, 0) is 46.6 Å². The van der Waals surface area contributed by atoms with Gasteiger partial charge < -0.3 is 10.4 Å². The number of aryl methyl sites for hydroxylation is 3. The first kappa shape index (κ1) is 26.9. The lowest BCUT2D eigenvalue weighted by atomic mass is 10.1. The fourth-order valence-electron chi connectivity index (χ4n) is 3.38. The van der Waals surface area contributed by atoms with Gasteiger partial charge in [0.2, 0.25) is 22.1 Å². The number of anilines is 2. The molecule has 3 heterocycles. The second kappa shape index (κ2) is 13.4. The van der Waals surface area contributed by atoms with Gasteiger partial charge in [-0.25, -0.2) is 4.68 Å². The summed E-state index contributed by atoms with van der Waals surface area (Å²) in [5.74, 6) is -1.37. The molecule has 0 saturated carbocycles. The van der Waals surface area contributed by atoms with Gasteiger partial charge in [-0.15, -0.1) is 25.5 Å². The molecule has 0 aliphatic carbocycles. The van der Waals surface area contributed by atoms with Crippen molar-refractivity contribution >= 4 is 50.7 Å². The van der Waals surface area contributed by atoms with Crippen LogP contribution in [0.15, 0.2) is 36.5 Å². The molecule has 0 radical (unpaired) electrons. The molecule has 4 aromatic rings. The van der Waals surface area contributed by atoms with Crippen molar-refractivity contribution in [3.8, 4) is 0 Å². The monoisotopic (exact) mass is 555 g/mol. The van der Waals surface area contributed by atoms with E-state index in [2.05, 4.69) is 41.3 Å². The Morgan fingerprint density at radius 3 is 2.08 bits per heavy atom. The molecule has 198 valence electrons. The van der Waals surface area contributed by atoms with E-state index in [4.69, 9.17) is 5.11 Å². The van der Waals surface area contributed by atoms with Gasteiger partial charge in [-0.05, 0) is 18.4 Å². The molecular formula is C23H25N9O4S2. The number of hydrogen-bond acceptors (Lipinski definition) is 11. The standard InChI is InChI=1S/C23H25N9O4S2/c33-17(12-15-6-2-1-3-7-15)24-22-29-27-19(37-22)8-4-5-9-20-28-30-23(38-20)25-18(34)14-32-13-16(26-31-32)10-11-21(35)36/h1-3,6-7,13H,4-5,8-12,14H2,(H,35,36)(H,24,29,33)(H,25,30,34). The minimum Gasteiger partial charge on any atom is -0.481 e. The van der Waals surface area contributed by atoms with E-state index in [1.807, 2.05) is 30.3 Å². The molecule has 15 heteroatoms. The lowest BCUT2D eigenvalue weighted by Gasteiger charge is -2.00. The summed E-state index contributed by atoms with van der Waals surface area (Å²) in [4.78, 5) is 35.1. The van der Waals surface area contributed by atoms with E-state index in [0.29, 0.717) is 22.4 Å². The molecule has 3 N–H and O–H groups in total. The highest BCUT2D eigenvalue weighted by molar-refractivity contribution is 7.15. The zero-order valence-corrected chi connectivity index (χ0v) is 21.9. The molecule has 38 heavy (non-hydrogen) atoms. The summed E-state index contributed by atoms with van der Waals surface area (Å²) in [7, 11) is 0. The Bertz CT molecular complexity index is 1370. The molecule has 0 bridgehead atoms. The van der Waals surface area contributed by atoms with Gasteiger partial charge in [0.05, 0.1) is 18.5 Å². The van der Waals surface area contributed by atoms with E-state index in [9.17, 15) is 14.4 Å². The maximum absolute atomic E-state index is 12.3. The zero-order chi connectivity index (χ0) is 26.7. The number of carboxylic acid groups (broad SMARTS) is 1. The second-order valence-corrected chi connectivity index (χ2v) is 10.4. The third-order valence-corrected chi connectivity index (χ3v) is 6.95. The zero-order valence-electron chi connectivity index (χ0n) is 20.2. The third kappa shape index (κ3) is 8.77. The quantitative estimate of drug-likeness (QED) is 0.196. The van der Waals surface area contributed by atoms with E-state index >= 15 is 0 Å². The summed E-state index contributed by atoms with van der Waals surface area (Å²) >= 11 is 2.68. The summed E-state index contributed by atoms with van der Waals surface area (Å²) in [6.45, 7) is -0.0640. The van der Waals surface area contributed by atoms with Crippen LogP contribution in [0.25, 0.3) is 0 Å². The Balaban J connectivity index is 1.13. The van der Waals surface area contributed by atoms with Crippen LogP contribution in [0.4, 0.5) is 10.3 Å². The van der Waals surface area contributed by atoms with E-state index in [1.54, 1.807) is 6.20 Å². The van der Waals surface area contributed by atoms with Crippen molar-refractivity contribution in [2.45, 2.75) is 51.5 Å². The van der Waals surface area contributed by atoms with E-state index in [1.165, 1.54) is 27.4 Å². The van der Waals surface area contributed by atoms with Crippen molar-refractivity contribution in [2.24, 2.45) is 0 Å². The van der Waals surface area contributed by atoms with Gasteiger partial charge >= 0.3 is 5.97 Å². The van der Waals surface area contributed by atoms with Gasteiger partial charge in [-0.2, -0.15) is 0 Å². The minimum absolute atomic E-state index is 0.0480. The first-order chi connectivity index (χ1) is 18.4. The number of unbranched alkanes of at least 4 members (excludes halogenated alkanes) is 1. The lowest BCUT2D eigenvalue weighted by Crippen LogP contribution is -2.19. The van der Waals surface area contributed by atoms with Crippen molar-refractivity contribution < 1.29 is 19.5 Å². The molecule has 0 atom stereocenters. The molecular weight excluding hydrogens is 530 g/mol. The summed E-state index contributed by atoms with van der Waals surface area (Å²) in [6.07, 6.45) is 5.21. The van der Waals surface area contributed by atoms with Crippen LogP contribution in [0.5, 0.6) is 0 Å². The maximum Gasteiger partial charge on any atom is 0.303 e. The van der Waals surface area contributed by atoms with Crippen LogP contribution in [0.1, 0.15) is 40.5 Å². The molecule has 0 saturated heterocycles. The third-order valence-electron chi connectivity index (χ3n) is 5.15. The highest BCUT2D eigenvalue weighted by Crippen LogP contribution is 2.20. The molecule has 13 nitrogen and oxygen atoms in total. The van der Waals surface area contributed by atoms with Crippen LogP contribution in [0.3, 0.4) is 0 Å². The Morgan fingerprint density at radius 1 is 0.816 bits per heavy atom. The Kier molecular flexibility index (Phi) is 9.53. The molecule has 0 fully saturated rings. The summed E-state index contributed by atoms with van der Waals surface area (Å²) in [5, 5.41) is 40.8. The minimum atomic E-state index is -0.918. The molecule has 2 amide bonds. The highest BCUT2D eigenvalue weighted by atomic mass is 32.1. The van der Waals surface area contributed by atoms with Crippen LogP contribution in [0, 0.1) is 0 Å². The average Bonchev–Trinajstić information content (AvgIpc) is 3.63. The number of aromatic nitrogens is 7. The SMILES string of the molecule is O=C(O)CCc1cn(CC(=O)Nc2nnc(CCCCc3nnc(NC(=O)Cc4ccccc4)s3)s2)nn1. The Labute approximate surface area is 225 Å². The number of carbonyl (C=O) groups is 3. The predicted molar refractivity (Wildman–Crippen MR) is 140 cm³/mol. The van der Waals surface area contributed by atoms with Crippen molar-refractivity contribution in [3.63, 3.8) is 0 Å². The van der Waals surface area contributed by atoms with Crippen LogP contribution < -0.4 is 10.6 Å². The fraction of sp³-hybridized carbons (Fsp3) is 0.348. The number of carboxylic acids is 1. The largest absolute Gasteiger partial charge is 0.481 e. The molecule has 1 aromatic carbocycles. The second-order valence-electron chi connectivity index (χ2n) is 8.27. The number of carbonyl (C=O) groups excluding carboxylic acids is 2. The summed E-state index contributed by atoms with van der Waals surface area (Å²) in [6, 6.07) is 9.51. The summed E-state index contributed by atoms with van der Waals surface area (Å²) < 4.78 is 1.35. The van der Waals surface area contributed by atoms with Gasteiger partial charge in [0.1, 0.15) is 16.6 Å². The van der Waals surface area contributed by atoms with Crippen LogP contribution >= 0.6 is 22.7 Å². The normalized spacial score (nSPS) is 10.8. The van der Waals surface area contributed by atoms with Gasteiger partial charge in [0, 0.05) is 25.5 Å². The van der Waals surface area contributed by atoms with Crippen molar-refractivity contribution in [1.29, 1.82) is 0 Å². The van der Waals surface area contributed by atoms with Gasteiger partial charge in [-0.1, -0.05) is 58.2 Å². The predicted octanol–water partition coefficient (Wildman–Crippen LogP) is 2.38. The van der Waals surface area contributed by atoms with Crippen molar-refractivity contribution in [2.75, 3.05) is 10.6 Å². The summed E-state index contributed by atoms with van der Waals surface area (Å²) in [5.41, 5.74) is 1.45. The number of amides is 2. The fourth-order valence-corrected chi connectivity index (χ4v) is 4.97. The van der Waals surface area contributed by atoms with Gasteiger partial charge in [0.25, 0.3) is 0 Å². The number of nitrogens with one attached hydrogen (secondary N) is 2. The Morgan fingerprint density at radius 2 is 1.45 bits per heavy atom. The van der Waals surface area contributed by atoms with Crippen LogP contribution in [0.2, 0.25) is 0 Å². The van der Waals surface area contributed by atoms with E-state index < -0.39 is 5.97 Å². The van der Waals surface area contributed by atoms with Gasteiger partial charge in [0.15, 0.2) is 0 Å². The first-order valence-electron chi connectivity index (χ1n) is 11.8. The smallest absolute Gasteiger partial charge is 0.303 e. The molecule has 0 unspecified atom stereocenters.